The molecule has 3 rings (SSSR count). The van der Waals surface area contributed by atoms with Crippen LogP contribution in [0.3, 0.4) is 0 Å². The van der Waals surface area contributed by atoms with Gasteiger partial charge in [0.2, 0.25) is 0 Å². The van der Waals surface area contributed by atoms with E-state index in [0.29, 0.717) is 11.4 Å². The van der Waals surface area contributed by atoms with Gasteiger partial charge >= 0.3 is 5.97 Å². The third kappa shape index (κ3) is 3.54. The Morgan fingerprint density at radius 2 is 1.96 bits per heavy atom. The van der Waals surface area contributed by atoms with E-state index < -0.39 is 5.97 Å². The normalized spacial score (nSPS) is 12.4. The molecule has 0 radical (unpaired) electrons. The zero-order chi connectivity index (χ0) is 18.0. The standard InChI is InChI=1S/C20H21ClN2O2/c1-3-18-22-17-6-4-5-16(21)20(17)23(18)15-10-8-14(9-11-15)13(2)7-12-19(24)25/h4-6,8-11,13H,3,7,12H2,1-2H3,(H,24,25). The van der Waals surface area contributed by atoms with E-state index >= 15 is 0 Å². The fourth-order valence-corrected chi connectivity index (χ4v) is 3.36. The Labute approximate surface area is 152 Å². The van der Waals surface area contributed by atoms with Gasteiger partial charge in [-0.2, -0.15) is 0 Å². The molecule has 1 atom stereocenters. The maximum atomic E-state index is 10.7. The third-order valence-electron chi connectivity index (χ3n) is 4.52. The summed E-state index contributed by atoms with van der Waals surface area (Å²) in [6, 6.07) is 14.0. The second-order valence-electron chi connectivity index (χ2n) is 6.25. The molecule has 3 aromatic rings. The molecule has 0 saturated carbocycles. The van der Waals surface area contributed by atoms with Gasteiger partial charge in [-0.05, 0) is 42.2 Å². The maximum absolute atomic E-state index is 10.7. The molecule has 0 aliphatic carbocycles. The van der Waals surface area contributed by atoms with Crippen LogP contribution in [0.1, 0.15) is 44.0 Å². The van der Waals surface area contributed by atoms with Crippen LogP contribution in [0.5, 0.6) is 0 Å². The van der Waals surface area contributed by atoms with Gasteiger partial charge in [0.25, 0.3) is 0 Å². The molecule has 1 heterocycles. The molecule has 0 bridgehead atoms. The number of para-hydroxylation sites is 1. The van der Waals surface area contributed by atoms with E-state index in [1.165, 1.54) is 0 Å². The minimum absolute atomic E-state index is 0.185. The first kappa shape index (κ1) is 17.5. The van der Waals surface area contributed by atoms with E-state index in [1.807, 2.05) is 18.2 Å². The van der Waals surface area contributed by atoms with E-state index in [2.05, 4.69) is 47.7 Å². The van der Waals surface area contributed by atoms with Crippen LogP contribution in [0.4, 0.5) is 0 Å². The molecular formula is C20H21ClN2O2. The molecule has 1 unspecified atom stereocenters. The number of aliphatic carboxylic acids is 1. The first-order valence-corrected chi connectivity index (χ1v) is 8.87. The number of hydrogen-bond donors (Lipinski definition) is 1. The van der Waals surface area contributed by atoms with Gasteiger partial charge in [-0.3, -0.25) is 9.36 Å². The number of rotatable bonds is 6. The Bertz CT molecular complexity index is 900. The minimum atomic E-state index is -0.754. The molecule has 1 N–H and O–H groups in total. The van der Waals surface area contributed by atoms with Crippen molar-refractivity contribution in [2.75, 3.05) is 0 Å². The molecule has 2 aromatic carbocycles. The molecule has 0 aliphatic rings. The SMILES string of the molecule is CCc1nc2cccc(Cl)c2n1-c1ccc(C(C)CCC(=O)O)cc1. The van der Waals surface area contributed by atoms with Crippen molar-refractivity contribution in [3.05, 3.63) is 58.9 Å². The molecular weight excluding hydrogens is 336 g/mol. The van der Waals surface area contributed by atoms with Gasteiger partial charge in [-0.1, -0.05) is 43.6 Å². The second-order valence-corrected chi connectivity index (χ2v) is 6.66. The Morgan fingerprint density at radius 3 is 2.60 bits per heavy atom. The van der Waals surface area contributed by atoms with Gasteiger partial charge in [0, 0.05) is 18.5 Å². The molecule has 0 saturated heterocycles. The molecule has 0 fully saturated rings. The zero-order valence-electron chi connectivity index (χ0n) is 14.4. The number of nitrogens with zero attached hydrogens (tertiary/aromatic N) is 2. The van der Waals surface area contributed by atoms with Crippen LogP contribution in [0, 0.1) is 0 Å². The van der Waals surface area contributed by atoms with Crippen LogP contribution in [0.2, 0.25) is 5.02 Å². The van der Waals surface area contributed by atoms with Crippen LogP contribution in [0.25, 0.3) is 16.7 Å². The van der Waals surface area contributed by atoms with Gasteiger partial charge in [0.1, 0.15) is 5.82 Å². The highest BCUT2D eigenvalue weighted by molar-refractivity contribution is 6.35. The highest BCUT2D eigenvalue weighted by Crippen LogP contribution is 2.29. The van der Waals surface area contributed by atoms with E-state index in [4.69, 9.17) is 16.7 Å². The molecule has 25 heavy (non-hydrogen) atoms. The van der Waals surface area contributed by atoms with Crippen LogP contribution in [-0.2, 0) is 11.2 Å². The monoisotopic (exact) mass is 356 g/mol. The fraction of sp³-hybridized carbons (Fsp3) is 0.300. The Kier molecular flexibility index (Phi) is 5.09. The van der Waals surface area contributed by atoms with Crippen molar-refractivity contribution in [1.82, 2.24) is 9.55 Å². The number of hydrogen-bond acceptors (Lipinski definition) is 2. The van der Waals surface area contributed by atoms with Crippen LogP contribution >= 0.6 is 11.6 Å². The molecule has 130 valence electrons. The number of benzene rings is 2. The summed E-state index contributed by atoms with van der Waals surface area (Å²) in [4.78, 5) is 15.4. The lowest BCUT2D eigenvalue weighted by molar-refractivity contribution is -0.137. The third-order valence-corrected chi connectivity index (χ3v) is 4.83. The van der Waals surface area contributed by atoms with Gasteiger partial charge in [0.15, 0.2) is 0 Å². The Morgan fingerprint density at radius 1 is 1.24 bits per heavy atom. The highest BCUT2D eigenvalue weighted by atomic mass is 35.5. The average molecular weight is 357 g/mol. The molecule has 4 nitrogen and oxygen atoms in total. The summed E-state index contributed by atoms with van der Waals surface area (Å²) >= 11 is 6.42. The van der Waals surface area contributed by atoms with Gasteiger partial charge in [0.05, 0.1) is 16.1 Å². The summed E-state index contributed by atoms with van der Waals surface area (Å²) in [6.07, 6.45) is 1.63. The molecule has 0 amide bonds. The molecule has 5 heteroatoms. The van der Waals surface area contributed by atoms with Crippen LogP contribution in [-0.4, -0.2) is 20.6 Å². The lowest BCUT2D eigenvalue weighted by atomic mass is 9.96. The molecule has 0 spiro atoms. The lowest BCUT2D eigenvalue weighted by Crippen LogP contribution is -2.02. The van der Waals surface area contributed by atoms with Crippen molar-refractivity contribution in [3.63, 3.8) is 0 Å². The number of imidazole rings is 1. The zero-order valence-corrected chi connectivity index (χ0v) is 15.1. The first-order valence-electron chi connectivity index (χ1n) is 8.49. The summed E-state index contributed by atoms with van der Waals surface area (Å²) in [5.74, 6) is 0.421. The van der Waals surface area contributed by atoms with Crippen molar-refractivity contribution in [1.29, 1.82) is 0 Å². The van der Waals surface area contributed by atoms with E-state index in [-0.39, 0.29) is 12.3 Å². The minimum Gasteiger partial charge on any atom is -0.481 e. The number of carboxylic acid groups (broad SMARTS) is 1. The summed E-state index contributed by atoms with van der Waals surface area (Å²) < 4.78 is 2.10. The first-order chi connectivity index (χ1) is 12.0. The second kappa shape index (κ2) is 7.28. The quantitative estimate of drug-likeness (QED) is 0.659. The average Bonchev–Trinajstić information content (AvgIpc) is 2.99. The molecule has 0 aliphatic heterocycles. The summed E-state index contributed by atoms with van der Waals surface area (Å²) in [6.45, 7) is 4.13. The van der Waals surface area contributed by atoms with E-state index in [0.717, 1.165) is 34.5 Å². The van der Waals surface area contributed by atoms with Crippen LogP contribution in [0.15, 0.2) is 42.5 Å². The molecule has 1 aromatic heterocycles. The predicted molar refractivity (Wildman–Crippen MR) is 101 cm³/mol. The van der Waals surface area contributed by atoms with Gasteiger partial charge in [-0.15, -0.1) is 0 Å². The highest BCUT2D eigenvalue weighted by Gasteiger charge is 2.14. The summed E-state index contributed by atoms with van der Waals surface area (Å²) in [5.41, 5.74) is 3.97. The van der Waals surface area contributed by atoms with Crippen molar-refractivity contribution >= 4 is 28.6 Å². The topological polar surface area (TPSA) is 55.1 Å². The van der Waals surface area contributed by atoms with Crippen molar-refractivity contribution in [2.45, 2.75) is 39.0 Å². The number of aryl methyl sites for hydroxylation is 1. The van der Waals surface area contributed by atoms with Gasteiger partial charge in [-0.25, -0.2) is 4.98 Å². The van der Waals surface area contributed by atoms with E-state index in [1.54, 1.807) is 0 Å². The van der Waals surface area contributed by atoms with Crippen molar-refractivity contribution in [2.24, 2.45) is 0 Å². The maximum Gasteiger partial charge on any atom is 0.303 e. The number of halogens is 1. The van der Waals surface area contributed by atoms with Gasteiger partial charge < -0.3 is 5.11 Å². The Hall–Kier alpha value is -2.33. The number of aromatic nitrogens is 2. The van der Waals surface area contributed by atoms with Crippen LogP contribution < -0.4 is 0 Å². The van der Waals surface area contributed by atoms with E-state index in [9.17, 15) is 4.79 Å². The Balaban J connectivity index is 1.98. The predicted octanol–water partition coefficient (Wildman–Crippen LogP) is 5.21. The summed E-state index contributed by atoms with van der Waals surface area (Å²) in [7, 11) is 0. The lowest BCUT2D eigenvalue weighted by Gasteiger charge is -2.13. The smallest absolute Gasteiger partial charge is 0.303 e. The number of fused-ring (bicyclic) bond motifs is 1. The number of carboxylic acids is 1. The largest absolute Gasteiger partial charge is 0.481 e. The number of carbonyl (C=O) groups is 1. The fourth-order valence-electron chi connectivity index (χ4n) is 3.11. The van der Waals surface area contributed by atoms with Crippen molar-refractivity contribution in [3.8, 4) is 5.69 Å². The summed E-state index contributed by atoms with van der Waals surface area (Å²) in [5, 5.41) is 9.52. The van der Waals surface area contributed by atoms with Crippen molar-refractivity contribution < 1.29 is 9.90 Å².